The summed E-state index contributed by atoms with van der Waals surface area (Å²) in [6.07, 6.45) is 6.79. The second-order valence-corrected chi connectivity index (χ2v) is 9.05. The first-order chi connectivity index (χ1) is 17.7. The number of nitrogens with one attached hydrogen (secondary N) is 2. The van der Waals surface area contributed by atoms with Gasteiger partial charge < -0.3 is 20.1 Å². The van der Waals surface area contributed by atoms with Gasteiger partial charge in [-0.05, 0) is 66.4 Å². The van der Waals surface area contributed by atoms with Crippen LogP contribution in [0, 0.1) is 0 Å². The fourth-order valence-electron chi connectivity index (χ4n) is 4.07. The molecular weight excluding hydrogens is 452 g/mol. The molecule has 36 heavy (non-hydrogen) atoms. The summed E-state index contributed by atoms with van der Waals surface area (Å²) in [4.78, 5) is 25.4. The molecule has 0 saturated heterocycles. The molecule has 4 aliphatic heterocycles. The molecule has 4 aliphatic rings. The molecule has 0 atom stereocenters. The fraction of sp³-hybridized carbons (Fsp3) is 0.333. The number of amides is 2. The summed E-state index contributed by atoms with van der Waals surface area (Å²) in [5.41, 5.74) is 2.86. The lowest BCUT2D eigenvalue weighted by molar-refractivity contribution is 0.0950. The van der Waals surface area contributed by atoms with E-state index in [0.717, 1.165) is 48.3 Å². The third-order valence-electron chi connectivity index (χ3n) is 6.22. The van der Waals surface area contributed by atoms with Crippen molar-refractivity contribution >= 4 is 11.8 Å². The molecule has 2 amide bonds. The van der Waals surface area contributed by atoms with Crippen molar-refractivity contribution in [1.29, 1.82) is 0 Å². The van der Waals surface area contributed by atoms with E-state index in [2.05, 4.69) is 10.6 Å². The Labute approximate surface area is 213 Å². The highest BCUT2D eigenvalue weighted by Gasteiger charge is 2.11. The minimum Gasteiger partial charge on any atom is -0.494 e. The molecule has 0 fully saturated rings. The minimum absolute atomic E-state index is 0.224. The maximum atomic E-state index is 12.7. The highest BCUT2D eigenvalue weighted by atomic mass is 16.5. The van der Waals surface area contributed by atoms with Gasteiger partial charge in [0, 0.05) is 24.2 Å². The lowest BCUT2D eigenvalue weighted by Gasteiger charge is -2.10. The van der Waals surface area contributed by atoms with Gasteiger partial charge >= 0.3 is 0 Å². The van der Waals surface area contributed by atoms with Crippen molar-refractivity contribution in [3.63, 3.8) is 0 Å². The summed E-state index contributed by atoms with van der Waals surface area (Å²) >= 11 is 0. The summed E-state index contributed by atoms with van der Waals surface area (Å²) in [6, 6.07) is 22.3. The van der Waals surface area contributed by atoms with E-state index in [9.17, 15) is 9.59 Å². The Morgan fingerprint density at radius 2 is 0.944 bits per heavy atom. The number of carbonyl (C=O) groups is 2. The number of benzene rings is 3. The molecule has 0 radical (unpaired) electrons. The Morgan fingerprint density at radius 1 is 0.528 bits per heavy atom. The van der Waals surface area contributed by atoms with E-state index in [1.807, 2.05) is 48.5 Å². The molecule has 4 heterocycles. The molecule has 0 saturated carbocycles. The largest absolute Gasteiger partial charge is 0.494 e. The van der Waals surface area contributed by atoms with Crippen LogP contribution in [-0.2, 0) is 13.1 Å². The fourth-order valence-corrected chi connectivity index (χ4v) is 4.07. The molecule has 188 valence electrons. The molecule has 6 nitrogen and oxygen atoms in total. The lowest BCUT2D eigenvalue weighted by Crippen LogP contribution is -2.25. The normalized spacial score (nSPS) is 16.2. The third-order valence-corrected chi connectivity index (χ3v) is 6.22. The van der Waals surface area contributed by atoms with Crippen LogP contribution >= 0.6 is 0 Å². The van der Waals surface area contributed by atoms with E-state index in [4.69, 9.17) is 9.47 Å². The van der Waals surface area contributed by atoms with E-state index in [1.165, 1.54) is 12.8 Å². The van der Waals surface area contributed by atoms with Crippen LogP contribution in [0.2, 0.25) is 0 Å². The van der Waals surface area contributed by atoms with E-state index in [1.54, 1.807) is 24.3 Å². The van der Waals surface area contributed by atoms with Gasteiger partial charge in [-0.25, -0.2) is 0 Å². The van der Waals surface area contributed by atoms with Crippen LogP contribution in [-0.4, -0.2) is 25.0 Å². The lowest BCUT2D eigenvalue weighted by atomic mass is 10.1. The van der Waals surface area contributed by atoms with Crippen molar-refractivity contribution in [2.45, 2.75) is 51.6 Å². The smallest absolute Gasteiger partial charge is 0.251 e. The number of rotatable bonds is 0. The molecule has 7 rings (SSSR count). The molecule has 0 aromatic heterocycles. The van der Waals surface area contributed by atoms with Crippen molar-refractivity contribution in [3.8, 4) is 11.5 Å². The maximum absolute atomic E-state index is 12.7. The third kappa shape index (κ3) is 7.87. The molecule has 0 unspecified atom stereocenters. The first-order valence-corrected chi connectivity index (χ1v) is 12.8. The summed E-state index contributed by atoms with van der Waals surface area (Å²) in [6.45, 7) is 2.21. The quantitative estimate of drug-likeness (QED) is 0.430. The molecule has 3 aromatic carbocycles. The first-order valence-electron chi connectivity index (χ1n) is 12.8. The average molecular weight is 487 g/mol. The van der Waals surface area contributed by atoms with Crippen LogP contribution in [0.3, 0.4) is 0 Å². The van der Waals surface area contributed by atoms with Gasteiger partial charge in [-0.15, -0.1) is 0 Å². The number of ether oxygens (including phenoxy) is 2. The molecule has 2 N–H and O–H groups in total. The highest BCUT2D eigenvalue weighted by Crippen LogP contribution is 2.16. The van der Waals surface area contributed by atoms with Crippen LogP contribution in [0.4, 0.5) is 0 Å². The van der Waals surface area contributed by atoms with Crippen molar-refractivity contribution in [3.05, 3.63) is 95.1 Å². The van der Waals surface area contributed by atoms with Crippen molar-refractivity contribution in [1.82, 2.24) is 10.6 Å². The van der Waals surface area contributed by atoms with Gasteiger partial charge in [0.25, 0.3) is 11.8 Å². The molecule has 6 heteroatoms. The molecule has 6 bridgehead atoms. The van der Waals surface area contributed by atoms with Crippen molar-refractivity contribution < 1.29 is 19.1 Å². The van der Waals surface area contributed by atoms with Crippen LogP contribution < -0.4 is 20.1 Å². The summed E-state index contributed by atoms with van der Waals surface area (Å²) < 4.78 is 11.7. The molecule has 3 aromatic rings. The Morgan fingerprint density at radius 3 is 1.39 bits per heavy atom. The number of hydrogen-bond acceptors (Lipinski definition) is 4. The summed E-state index contributed by atoms with van der Waals surface area (Å²) in [5.74, 6) is 1.23. The number of hydrogen-bond donors (Lipinski definition) is 2. The highest BCUT2D eigenvalue weighted by molar-refractivity contribution is 5.99. The van der Waals surface area contributed by atoms with Gasteiger partial charge in [-0.2, -0.15) is 0 Å². The van der Waals surface area contributed by atoms with Gasteiger partial charge in [0.2, 0.25) is 0 Å². The monoisotopic (exact) mass is 486 g/mol. The second kappa shape index (κ2) is 13.3. The van der Waals surface area contributed by atoms with Gasteiger partial charge in [0.1, 0.15) is 11.5 Å². The number of carbonyl (C=O) groups excluding carboxylic acids is 2. The Balaban J connectivity index is 1.40. The van der Waals surface area contributed by atoms with Crippen LogP contribution in [0.25, 0.3) is 0 Å². The Kier molecular flexibility index (Phi) is 9.37. The zero-order valence-electron chi connectivity index (χ0n) is 20.6. The van der Waals surface area contributed by atoms with Crippen LogP contribution in [0.1, 0.15) is 70.4 Å². The van der Waals surface area contributed by atoms with Crippen LogP contribution in [0.15, 0.2) is 72.8 Å². The van der Waals surface area contributed by atoms with Crippen LogP contribution in [0.5, 0.6) is 11.5 Å². The van der Waals surface area contributed by atoms with Crippen molar-refractivity contribution in [2.24, 2.45) is 0 Å². The first kappa shape index (κ1) is 25.3. The minimum atomic E-state index is -0.224. The summed E-state index contributed by atoms with van der Waals surface area (Å²) in [5, 5.41) is 5.85. The zero-order chi connectivity index (χ0) is 25.0. The van der Waals surface area contributed by atoms with E-state index < -0.39 is 0 Å². The summed E-state index contributed by atoms with van der Waals surface area (Å²) in [7, 11) is 0. The molecule has 0 spiro atoms. The Bertz CT molecular complexity index is 1040. The predicted octanol–water partition coefficient (Wildman–Crippen LogP) is 5.66. The topological polar surface area (TPSA) is 76.7 Å². The van der Waals surface area contributed by atoms with Gasteiger partial charge in [-0.3, -0.25) is 9.59 Å². The second-order valence-electron chi connectivity index (χ2n) is 9.05. The van der Waals surface area contributed by atoms with Gasteiger partial charge in [0.05, 0.1) is 13.2 Å². The predicted molar refractivity (Wildman–Crippen MR) is 140 cm³/mol. The standard InChI is InChI=1S/C30H34N2O4/c33-29-25-8-7-9-26(20-25)30(34)32-22-24-12-16-28(17-13-24)36-19-6-4-2-1-3-5-18-35-27-14-10-23(11-15-27)21-31-29/h7-17,20H,1-6,18-19,21-22H2,(H,31,33)(H,32,34). The van der Waals surface area contributed by atoms with E-state index in [-0.39, 0.29) is 11.8 Å². The zero-order valence-corrected chi connectivity index (χ0v) is 20.6. The van der Waals surface area contributed by atoms with Crippen molar-refractivity contribution in [2.75, 3.05) is 13.2 Å². The van der Waals surface area contributed by atoms with E-state index in [0.29, 0.717) is 37.4 Å². The Hall–Kier alpha value is -3.80. The van der Waals surface area contributed by atoms with Gasteiger partial charge in [-0.1, -0.05) is 56.0 Å². The van der Waals surface area contributed by atoms with E-state index >= 15 is 0 Å². The SMILES string of the molecule is O=C1NCc2ccc(cc2)OCCCCCCCCOc2ccc(cc2)CNC(=O)c2cccc1c2. The maximum Gasteiger partial charge on any atom is 0.251 e. The molecular formula is C30H34N2O4. The average Bonchev–Trinajstić information content (AvgIpc) is 2.92. The van der Waals surface area contributed by atoms with Gasteiger partial charge in [0.15, 0.2) is 0 Å². The molecule has 0 aliphatic carbocycles.